The fourth-order valence-corrected chi connectivity index (χ4v) is 3.04. The lowest BCUT2D eigenvalue weighted by atomic mass is 10.1. The van der Waals surface area contributed by atoms with Crippen LogP contribution in [-0.4, -0.2) is 20.2 Å². The van der Waals surface area contributed by atoms with E-state index in [2.05, 4.69) is 27.0 Å². The Bertz CT molecular complexity index is 1160. The van der Waals surface area contributed by atoms with E-state index < -0.39 is 0 Å². The lowest BCUT2D eigenvalue weighted by Gasteiger charge is -2.10. The van der Waals surface area contributed by atoms with Gasteiger partial charge in [0.2, 0.25) is 0 Å². The molecule has 1 aromatic carbocycles. The zero-order valence-electron chi connectivity index (χ0n) is 16.1. The van der Waals surface area contributed by atoms with Crippen LogP contribution in [0.4, 0.5) is 0 Å². The molecule has 1 aliphatic rings. The summed E-state index contributed by atoms with van der Waals surface area (Å²) in [6, 6.07) is 12.9. The molecule has 2 aromatic heterocycles. The zero-order valence-corrected chi connectivity index (χ0v) is 16.9. The molecular weight excluding hydrogens is 398 g/mol. The van der Waals surface area contributed by atoms with Crippen molar-refractivity contribution in [3.05, 3.63) is 82.7 Å². The summed E-state index contributed by atoms with van der Waals surface area (Å²) in [6.07, 6.45) is 7.62. The van der Waals surface area contributed by atoms with Crippen LogP contribution in [0.2, 0.25) is 5.02 Å². The highest BCUT2D eigenvalue weighted by Crippen LogP contribution is 2.28. The summed E-state index contributed by atoms with van der Waals surface area (Å²) < 4.78 is 1.88. The maximum absolute atomic E-state index is 8.98. The zero-order chi connectivity index (χ0) is 20.8. The number of halogens is 1. The van der Waals surface area contributed by atoms with E-state index in [1.54, 1.807) is 30.7 Å². The molecule has 2 heterocycles. The van der Waals surface area contributed by atoms with Crippen LogP contribution in [0, 0.1) is 29.1 Å². The molecular formula is C23H18ClN5O. The Kier molecular flexibility index (Phi) is 6.08. The van der Waals surface area contributed by atoms with Crippen LogP contribution in [0.1, 0.15) is 35.4 Å². The number of hydrogen-bond acceptors (Lipinski definition) is 5. The van der Waals surface area contributed by atoms with E-state index in [4.69, 9.17) is 21.7 Å². The average Bonchev–Trinajstić information content (AvgIpc) is 3.46. The maximum atomic E-state index is 8.98. The molecule has 4 rings (SSSR count). The molecule has 0 N–H and O–H groups in total. The minimum Gasteiger partial charge on any atom is -0.389 e. The molecule has 1 aliphatic carbocycles. The SMILES string of the molecule is N#Cc1cccc(CON=C(Cn2ccnc2)c2ccc(C#CC3CC3)cc2Cl)n1. The van der Waals surface area contributed by atoms with Gasteiger partial charge in [-0.1, -0.05) is 40.7 Å². The molecule has 0 atom stereocenters. The number of hydrogen-bond donors (Lipinski definition) is 0. The second kappa shape index (κ2) is 9.26. The van der Waals surface area contributed by atoms with E-state index in [0.29, 0.717) is 34.6 Å². The third-order valence-corrected chi connectivity index (χ3v) is 4.79. The molecule has 1 fully saturated rings. The number of benzene rings is 1. The summed E-state index contributed by atoms with van der Waals surface area (Å²) >= 11 is 6.55. The molecule has 7 heteroatoms. The number of oxime groups is 1. The molecule has 3 aromatic rings. The first-order valence-electron chi connectivity index (χ1n) is 9.53. The first kappa shape index (κ1) is 19.7. The van der Waals surface area contributed by atoms with Crippen LogP contribution >= 0.6 is 11.6 Å². The molecule has 0 radical (unpaired) electrons. The topological polar surface area (TPSA) is 76.1 Å². The first-order chi connectivity index (χ1) is 14.7. The normalized spacial score (nSPS) is 13.3. The smallest absolute Gasteiger partial charge is 0.159 e. The van der Waals surface area contributed by atoms with Gasteiger partial charge in [0.25, 0.3) is 0 Å². The molecule has 0 bridgehead atoms. The third-order valence-electron chi connectivity index (χ3n) is 4.48. The Morgan fingerprint density at radius 2 is 2.20 bits per heavy atom. The van der Waals surface area contributed by atoms with Gasteiger partial charge < -0.3 is 9.40 Å². The number of pyridine rings is 1. The van der Waals surface area contributed by atoms with E-state index >= 15 is 0 Å². The summed E-state index contributed by atoms with van der Waals surface area (Å²) in [5, 5.41) is 13.9. The maximum Gasteiger partial charge on any atom is 0.159 e. The molecule has 0 unspecified atom stereocenters. The standard InChI is InChI=1S/C23H18ClN5O/c24-22-12-18(7-6-17-4-5-17)8-9-21(22)23(14-29-11-10-26-16-29)28-30-15-20-3-1-2-19(13-25)27-20/h1-3,8-12,16-17H,4-5,14-15H2. The van der Waals surface area contributed by atoms with Gasteiger partial charge in [0.05, 0.1) is 23.6 Å². The van der Waals surface area contributed by atoms with Gasteiger partial charge in [-0.2, -0.15) is 5.26 Å². The van der Waals surface area contributed by atoms with Crippen molar-refractivity contribution in [2.45, 2.75) is 26.0 Å². The number of rotatable bonds is 6. The van der Waals surface area contributed by atoms with Gasteiger partial charge in [-0.15, -0.1) is 0 Å². The van der Waals surface area contributed by atoms with Gasteiger partial charge in [0.1, 0.15) is 17.5 Å². The van der Waals surface area contributed by atoms with Gasteiger partial charge in [-0.3, -0.25) is 0 Å². The molecule has 30 heavy (non-hydrogen) atoms. The number of nitrogens with zero attached hydrogens (tertiary/aromatic N) is 5. The van der Waals surface area contributed by atoms with Crippen molar-refractivity contribution >= 4 is 17.3 Å². The molecule has 148 valence electrons. The number of nitriles is 1. The lowest BCUT2D eigenvalue weighted by molar-refractivity contribution is 0.127. The summed E-state index contributed by atoms with van der Waals surface area (Å²) in [5.41, 5.74) is 3.26. The Labute approximate surface area is 179 Å². The van der Waals surface area contributed by atoms with Gasteiger partial charge in [-0.25, -0.2) is 9.97 Å². The van der Waals surface area contributed by atoms with Gasteiger partial charge >= 0.3 is 0 Å². The Morgan fingerprint density at radius 3 is 2.93 bits per heavy atom. The van der Waals surface area contributed by atoms with Crippen molar-refractivity contribution in [1.82, 2.24) is 14.5 Å². The van der Waals surface area contributed by atoms with Crippen molar-refractivity contribution < 1.29 is 4.84 Å². The van der Waals surface area contributed by atoms with Crippen LogP contribution in [0.25, 0.3) is 0 Å². The van der Waals surface area contributed by atoms with Crippen LogP contribution in [0.15, 0.2) is 60.3 Å². The van der Waals surface area contributed by atoms with E-state index in [-0.39, 0.29) is 6.61 Å². The van der Waals surface area contributed by atoms with Crippen LogP contribution in [0.5, 0.6) is 0 Å². The van der Waals surface area contributed by atoms with E-state index in [9.17, 15) is 0 Å². The van der Waals surface area contributed by atoms with Crippen molar-refractivity contribution in [2.75, 3.05) is 0 Å². The molecule has 6 nitrogen and oxygen atoms in total. The van der Waals surface area contributed by atoms with Gasteiger partial charge in [0.15, 0.2) is 6.61 Å². The Morgan fingerprint density at radius 1 is 1.30 bits per heavy atom. The number of imidazole rings is 1. The molecule has 0 aliphatic heterocycles. The predicted molar refractivity (Wildman–Crippen MR) is 114 cm³/mol. The van der Waals surface area contributed by atoms with Gasteiger partial charge in [-0.05, 0) is 37.1 Å². The highest BCUT2D eigenvalue weighted by Gasteiger charge is 2.18. The van der Waals surface area contributed by atoms with Gasteiger partial charge in [0, 0.05) is 29.4 Å². The van der Waals surface area contributed by atoms with Crippen molar-refractivity contribution in [3.63, 3.8) is 0 Å². The van der Waals surface area contributed by atoms with Crippen molar-refractivity contribution in [1.29, 1.82) is 5.26 Å². The minimum absolute atomic E-state index is 0.144. The molecule has 1 saturated carbocycles. The summed E-state index contributed by atoms with van der Waals surface area (Å²) in [5.74, 6) is 6.95. The second-order valence-corrected chi connectivity index (χ2v) is 7.32. The fraction of sp³-hybridized carbons (Fsp3) is 0.217. The summed E-state index contributed by atoms with van der Waals surface area (Å²) in [7, 11) is 0. The predicted octanol–water partition coefficient (Wildman–Crippen LogP) is 4.19. The Hall–Kier alpha value is -3.61. The first-order valence-corrected chi connectivity index (χ1v) is 9.91. The van der Waals surface area contributed by atoms with E-state index in [1.165, 1.54) is 12.8 Å². The molecule has 0 saturated heterocycles. The monoisotopic (exact) mass is 415 g/mol. The Balaban J connectivity index is 1.55. The van der Waals surface area contributed by atoms with E-state index in [0.717, 1.165) is 11.1 Å². The highest BCUT2D eigenvalue weighted by atomic mass is 35.5. The summed E-state index contributed by atoms with van der Waals surface area (Å²) in [4.78, 5) is 13.8. The average molecular weight is 416 g/mol. The van der Waals surface area contributed by atoms with Crippen LogP contribution in [-0.2, 0) is 18.0 Å². The van der Waals surface area contributed by atoms with Crippen molar-refractivity contribution in [3.8, 4) is 17.9 Å². The lowest BCUT2D eigenvalue weighted by Crippen LogP contribution is -2.12. The summed E-state index contributed by atoms with van der Waals surface area (Å²) in [6.45, 7) is 0.587. The van der Waals surface area contributed by atoms with Crippen LogP contribution in [0.3, 0.4) is 0 Å². The van der Waals surface area contributed by atoms with E-state index in [1.807, 2.05) is 35.0 Å². The van der Waals surface area contributed by atoms with Crippen LogP contribution < -0.4 is 0 Å². The largest absolute Gasteiger partial charge is 0.389 e. The quantitative estimate of drug-likeness (QED) is 0.343. The molecule has 0 spiro atoms. The second-order valence-electron chi connectivity index (χ2n) is 6.91. The highest BCUT2D eigenvalue weighted by molar-refractivity contribution is 6.34. The van der Waals surface area contributed by atoms with Crippen molar-refractivity contribution in [2.24, 2.45) is 11.1 Å². The number of aromatic nitrogens is 3. The molecule has 0 amide bonds. The minimum atomic E-state index is 0.144. The third kappa shape index (κ3) is 5.26. The fourth-order valence-electron chi connectivity index (χ4n) is 2.75.